The van der Waals surface area contributed by atoms with Gasteiger partial charge in [-0.15, -0.1) is 0 Å². The molecule has 1 unspecified atom stereocenters. The van der Waals surface area contributed by atoms with Crippen molar-refractivity contribution in [1.82, 2.24) is 19.4 Å². The van der Waals surface area contributed by atoms with Gasteiger partial charge in [0, 0.05) is 38.6 Å². The van der Waals surface area contributed by atoms with Gasteiger partial charge in [0.1, 0.15) is 0 Å². The van der Waals surface area contributed by atoms with Crippen LogP contribution in [0.5, 0.6) is 0 Å². The molecule has 2 aliphatic rings. The summed E-state index contributed by atoms with van der Waals surface area (Å²) in [5, 5.41) is 0. The largest absolute Gasteiger partial charge is 0.334 e. The van der Waals surface area contributed by atoms with E-state index in [0.717, 1.165) is 19.5 Å². The number of hydrogen-bond acceptors (Lipinski definition) is 3. The summed E-state index contributed by atoms with van der Waals surface area (Å²) < 4.78 is 1.80. The molecule has 2 fully saturated rings. The van der Waals surface area contributed by atoms with Gasteiger partial charge in [-0.2, -0.15) is 0 Å². The van der Waals surface area contributed by atoms with Crippen molar-refractivity contribution in [2.24, 2.45) is 7.05 Å². The number of carbonyl (C=O) groups is 1. The Hall–Kier alpha value is -1.36. The third kappa shape index (κ3) is 2.03. The first-order valence-electron chi connectivity index (χ1n) is 6.76. The van der Waals surface area contributed by atoms with E-state index >= 15 is 0 Å². The van der Waals surface area contributed by atoms with Gasteiger partial charge >= 0.3 is 0 Å². The van der Waals surface area contributed by atoms with Crippen molar-refractivity contribution in [1.29, 1.82) is 0 Å². The maximum Gasteiger partial charge on any atom is 0.289 e. The van der Waals surface area contributed by atoms with E-state index in [-0.39, 0.29) is 5.91 Å². The fraction of sp³-hybridized carbons (Fsp3) is 0.692. The molecule has 0 aromatic carbocycles. The normalized spacial score (nSPS) is 24.9. The quantitative estimate of drug-likeness (QED) is 0.775. The number of aromatic nitrogens is 2. The van der Waals surface area contributed by atoms with Crippen LogP contribution in [0.1, 0.15) is 29.9 Å². The minimum atomic E-state index is 0.0733. The topological polar surface area (TPSA) is 41.4 Å². The molecule has 0 saturated carbocycles. The summed E-state index contributed by atoms with van der Waals surface area (Å²) in [7, 11) is 1.87. The van der Waals surface area contributed by atoms with Gasteiger partial charge in [0.25, 0.3) is 5.91 Å². The highest BCUT2D eigenvalue weighted by molar-refractivity contribution is 5.91. The van der Waals surface area contributed by atoms with Gasteiger partial charge in [-0.25, -0.2) is 4.98 Å². The molecule has 0 spiro atoms. The van der Waals surface area contributed by atoms with Crippen LogP contribution < -0.4 is 0 Å². The Bertz CT molecular complexity index is 436. The molecule has 0 N–H and O–H groups in total. The zero-order chi connectivity index (χ0) is 12.5. The Labute approximate surface area is 107 Å². The first-order chi connectivity index (χ1) is 8.75. The molecule has 2 saturated heterocycles. The van der Waals surface area contributed by atoms with Crippen LogP contribution in [0.15, 0.2) is 12.4 Å². The average Bonchev–Trinajstić information content (AvgIpc) is 3.09. The number of aryl methyl sites for hydroxylation is 1. The van der Waals surface area contributed by atoms with Crippen LogP contribution in [0.25, 0.3) is 0 Å². The molecule has 1 aromatic heterocycles. The van der Waals surface area contributed by atoms with E-state index in [4.69, 9.17) is 0 Å². The Morgan fingerprint density at radius 1 is 1.33 bits per heavy atom. The van der Waals surface area contributed by atoms with Crippen LogP contribution in [0.4, 0.5) is 0 Å². The summed E-state index contributed by atoms with van der Waals surface area (Å²) in [5.74, 6) is 0.626. The van der Waals surface area contributed by atoms with Crippen LogP contribution in [0.2, 0.25) is 0 Å². The van der Waals surface area contributed by atoms with Crippen molar-refractivity contribution < 1.29 is 4.79 Å². The monoisotopic (exact) mass is 248 g/mol. The lowest BCUT2D eigenvalue weighted by molar-refractivity contribution is 0.0764. The first-order valence-corrected chi connectivity index (χ1v) is 6.76. The van der Waals surface area contributed by atoms with Crippen molar-refractivity contribution in [2.45, 2.75) is 25.3 Å². The highest BCUT2D eigenvalue weighted by atomic mass is 16.2. The average molecular weight is 248 g/mol. The van der Waals surface area contributed by atoms with E-state index < -0.39 is 0 Å². The summed E-state index contributed by atoms with van der Waals surface area (Å²) in [6.07, 6.45) is 7.23. The number of hydrogen-bond donors (Lipinski definition) is 0. The molecular weight excluding hydrogens is 228 g/mol. The lowest BCUT2D eigenvalue weighted by atomic mass is 10.2. The molecule has 5 heteroatoms. The molecule has 1 atom stereocenters. The summed E-state index contributed by atoms with van der Waals surface area (Å²) in [6.45, 7) is 4.14. The summed E-state index contributed by atoms with van der Waals surface area (Å²) in [5.41, 5.74) is 0. The number of nitrogens with zero attached hydrogens (tertiary/aromatic N) is 4. The molecule has 1 amide bonds. The molecule has 5 nitrogen and oxygen atoms in total. The summed E-state index contributed by atoms with van der Waals surface area (Å²) >= 11 is 0. The van der Waals surface area contributed by atoms with Crippen molar-refractivity contribution in [2.75, 3.05) is 26.2 Å². The first kappa shape index (κ1) is 11.7. The SMILES string of the molecule is Cn1ccnc1C(=O)N1CCC(N2CCCC2)C1. The third-order valence-electron chi connectivity index (χ3n) is 4.12. The molecule has 18 heavy (non-hydrogen) atoms. The number of imidazole rings is 1. The van der Waals surface area contributed by atoms with Crippen LogP contribution in [-0.4, -0.2) is 57.5 Å². The number of amides is 1. The second kappa shape index (κ2) is 4.72. The minimum absolute atomic E-state index is 0.0733. The number of rotatable bonds is 2. The van der Waals surface area contributed by atoms with E-state index in [1.54, 1.807) is 10.8 Å². The highest BCUT2D eigenvalue weighted by Crippen LogP contribution is 2.21. The van der Waals surface area contributed by atoms with Crippen molar-refractivity contribution in [3.8, 4) is 0 Å². The Morgan fingerprint density at radius 2 is 2.11 bits per heavy atom. The fourth-order valence-electron chi connectivity index (χ4n) is 3.04. The van der Waals surface area contributed by atoms with Gasteiger partial charge < -0.3 is 9.47 Å². The van der Waals surface area contributed by atoms with E-state index in [1.165, 1.54) is 25.9 Å². The predicted molar refractivity (Wildman–Crippen MR) is 68.3 cm³/mol. The zero-order valence-electron chi connectivity index (χ0n) is 10.9. The third-order valence-corrected chi connectivity index (χ3v) is 4.12. The van der Waals surface area contributed by atoms with Gasteiger partial charge in [0.2, 0.25) is 0 Å². The maximum atomic E-state index is 12.3. The molecule has 0 aliphatic carbocycles. The fourth-order valence-corrected chi connectivity index (χ4v) is 3.04. The molecule has 1 aromatic rings. The highest BCUT2D eigenvalue weighted by Gasteiger charge is 2.32. The van der Waals surface area contributed by atoms with E-state index in [0.29, 0.717) is 11.9 Å². The molecule has 2 aliphatic heterocycles. The van der Waals surface area contributed by atoms with Gasteiger partial charge in [-0.05, 0) is 32.4 Å². The number of likely N-dealkylation sites (tertiary alicyclic amines) is 2. The molecule has 3 rings (SSSR count). The zero-order valence-corrected chi connectivity index (χ0v) is 10.9. The van der Waals surface area contributed by atoms with Crippen LogP contribution in [0.3, 0.4) is 0 Å². The standard InChI is InChI=1S/C13H20N4O/c1-15-9-5-14-12(15)13(18)17-8-4-11(10-17)16-6-2-3-7-16/h5,9,11H,2-4,6-8,10H2,1H3. The van der Waals surface area contributed by atoms with Gasteiger partial charge in [-0.1, -0.05) is 0 Å². The molecular formula is C13H20N4O. The minimum Gasteiger partial charge on any atom is -0.334 e. The Balaban J connectivity index is 1.65. The van der Waals surface area contributed by atoms with Gasteiger partial charge in [0.05, 0.1) is 0 Å². The summed E-state index contributed by atoms with van der Waals surface area (Å²) in [4.78, 5) is 20.9. The maximum absolute atomic E-state index is 12.3. The van der Waals surface area contributed by atoms with Gasteiger partial charge in [0.15, 0.2) is 5.82 Å². The summed E-state index contributed by atoms with van der Waals surface area (Å²) in [6, 6.07) is 0.566. The van der Waals surface area contributed by atoms with Crippen LogP contribution >= 0.6 is 0 Å². The van der Waals surface area contributed by atoms with Gasteiger partial charge in [-0.3, -0.25) is 9.69 Å². The van der Waals surface area contributed by atoms with E-state index in [2.05, 4.69) is 9.88 Å². The smallest absolute Gasteiger partial charge is 0.289 e. The second-order valence-corrected chi connectivity index (χ2v) is 5.30. The van der Waals surface area contributed by atoms with Crippen LogP contribution in [0, 0.1) is 0 Å². The number of carbonyl (C=O) groups excluding carboxylic acids is 1. The molecule has 0 radical (unpaired) electrons. The van der Waals surface area contributed by atoms with E-state index in [9.17, 15) is 4.79 Å². The lowest BCUT2D eigenvalue weighted by Crippen LogP contribution is -2.37. The molecule has 3 heterocycles. The Kier molecular flexibility index (Phi) is 3.07. The van der Waals surface area contributed by atoms with Crippen molar-refractivity contribution in [3.05, 3.63) is 18.2 Å². The van der Waals surface area contributed by atoms with Crippen molar-refractivity contribution >= 4 is 5.91 Å². The second-order valence-electron chi connectivity index (χ2n) is 5.30. The predicted octanol–water partition coefficient (Wildman–Crippen LogP) is 0.730. The molecule has 0 bridgehead atoms. The molecule has 98 valence electrons. The Morgan fingerprint density at radius 3 is 2.78 bits per heavy atom. The van der Waals surface area contributed by atoms with Crippen molar-refractivity contribution in [3.63, 3.8) is 0 Å². The lowest BCUT2D eigenvalue weighted by Gasteiger charge is -2.23. The van der Waals surface area contributed by atoms with Crippen LogP contribution in [-0.2, 0) is 7.05 Å². The van der Waals surface area contributed by atoms with E-state index in [1.807, 2.05) is 18.1 Å².